The summed E-state index contributed by atoms with van der Waals surface area (Å²) in [5.74, 6) is -0.00255. The van der Waals surface area contributed by atoms with Gasteiger partial charge in [-0.05, 0) is 26.1 Å². The van der Waals surface area contributed by atoms with E-state index in [0.29, 0.717) is 16.9 Å². The highest BCUT2D eigenvalue weighted by molar-refractivity contribution is 7.73. The Labute approximate surface area is 104 Å². The van der Waals surface area contributed by atoms with Crippen LogP contribution in [0.2, 0.25) is 0 Å². The summed E-state index contributed by atoms with van der Waals surface area (Å²) in [5.41, 5.74) is 0.977. The van der Waals surface area contributed by atoms with Gasteiger partial charge in [-0.2, -0.15) is 0 Å². The molecule has 2 N–H and O–H groups in total. The van der Waals surface area contributed by atoms with Crippen LogP contribution < -0.4 is 5.32 Å². The maximum absolute atomic E-state index is 11.6. The van der Waals surface area contributed by atoms with Gasteiger partial charge in [0.05, 0.1) is 12.5 Å². The summed E-state index contributed by atoms with van der Waals surface area (Å²) >= 11 is 6.46. The fraction of sp³-hybridized carbons (Fsp3) is 0.600. The molecule has 0 aliphatic heterocycles. The molecular weight excluding hydrogens is 244 g/mol. The predicted octanol–water partition coefficient (Wildman–Crippen LogP) is 1.81. The zero-order chi connectivity index (χ0) is 12.1. The standard InChI is InChI=1S/C10H16N2O2S2/c1-6(14-3)5-11-9(13)4-8-7(2)12-10(15)16-8/h6H,4-5H2,1-3H3,(H,11,13)(H,12,15). The van der Waals surface area contributed by atoms with Gasteiger partial charge in [0.2, 0.25) is 5.91 Å². The topological polar surface area (TPSA) is 54.1 Å². The summed E-state index contributed by atoms with van der Waals surface area (Å²) in [4.78, 5) is 15.6. The Balaban J connectivity index is 2.46. The summed E-state index contributed by atoms with van der Waals surface area (Å²) in [5, 5.41) is 2.81. The third-order valence-corrected chi connectivity index (χ3v) is 3.57. The number of methoxy groups -OCH3 is 1. The highest BCUT2D eigenvalue weighted by Gasteiger charge is 2.09. The average molecular weight is 260 g/mol. The van der Waals surface area contributed by atoms with Gasteiger partial charge in [-0.25, -0.2) is 0 Å². The maximum atomic E-state index is 11.6. The molecule has 1 unspecified atom stereocenters. The van der Waals surface area contributed by atoms with E-state index in [1.54, 1.807) is 7.11 Å². The molecule has 0 spiro atoms. The first-order chi connectivity index (χ1) is 7.52. The number of amides is 1. The number of aromatic nitrogens is 1. The van der Waals surface area contributed by atoms with Gasteiger partial charge in [0.25, 0.3) is 0 Å². The average Bonchev–Trinajstić information content (AvgIpc) is 2.54. The van der Waals surface area contributed by atoms with Crippen LogP contribution in [-0.4, -0.2) is 30.6 Å². The van der Waals surface area contributed by atoms with E-state index in [1.807, 2.05) is 13.8 Å². The minimum Gasteiger partial charge on any atom is -0.380 e. The summed E-state index contributed by atoms with van der Waals surface area (Å²) in [6.07, 6.45) is 0.412. The van der Waals surface area contributed by atoms with Gasteiger partial charge in [-0.15, -0.1) is 11.3 Å². The van der Waals surface area contributed by atoms with Crippen LogP contribution in [0.5, 0.6) is 0 Å². The van der Waals surface area contributed by atoms with Crippen molar-refractivity contribution in [1.82, 2.24) is 10.3 Å². The van der Waals surface area contributed by atoms with Gasteiger partial charge >= 0.3 is 0 Å². The van der Waals surface area contributed by atoms with E-state index in [4.69, 9.17) is 17.0 Å². The van der Waals surface area contributed by atoms with E-state index in [1.165, 1.54) is 11.3 Å². The third kappa shape index (κ3) is 4.03. The van der Waals surface area contributed by atoms with E-state index in [0.717, 1.165) is 10.6 Å². The lowest BCUT2D eigenvalue weighted by atomic mass is 10.3. The van der Waals surface area contributed by atoms with E-state index in [9.17, 15) is 4.79 Å². The minimum atomic E-state index is -0.00255. The summed E-state index contributed by atoms with van der Waals surface area (Å²) in [6.45, 7) is 4.36. The molecule has 0 aromatic carbocycles. The molecule has 1 aromatic rings. The highest BCUT2D eigenvalue weighted by atomic mass is 32.1. The predicted molar refractivity (Wildman–Crippen MR) is 67.4 cm³/mol. The molecule has 0 aliphatic carbocycles. The molecule has 0 aliphatic rings. The smallest absolute Gasteiger partial charge is 0.225 e. The molecule has 1 aromatic heterocycles. The second kappa shape index (κ2) is 6.12. The highest BCUT2D eigenvalue weighted by Crippen LogP contribution is 2.14. The molecule has 1 amide bonds. The Bertz CT molecular complexity index is 411. The van der Waals surface area contributed by atoms with Crippen molar-refractivity contribution in [2.75, 3.05) is 13.7 Å². The maximum Gasteiger partial charge on any atom is 0.225 e. The molecule has 0 saturated carbocycles. The second-order valence-corrected chi connectivity index (χ2v) is 5.36. The van der Waals surface area contributed by atoms with E-state index < -0.39 is 0 Å². The van der Waals surface area contributed by atoms with Crippen LogP contribution in [-0.2, 0) is 16.0 Å². The molecule has 6 heteroatoms. The van der Waals surface area contributed by atoms with Crippen molar-refractivity contribution in [3.8, 4) is 0 Å². The van der Waals surface area contributed by atoms with E-state index in [2.05, 4.69) is 10.3 Å². The Morgan fingerprint density at radius 3 is 2.88 bits per heavy atom. The number of rotatable bonds is 5. The first-order valence-electron chi connectivity index (χ1n) is 5.01. The Hall–Kier alpha value is -0.720. The SMILES string of the molecule is COC(C)CNC(=O)Cc1sc(=S)[nH]c1C. The molecular formula is C10H16N2O2S2. The fourth-order valence-corrected chi connectivity index (χ4v) is 2.44. The van der Waals surface area contributed by atoms with Crippen LogP contribution in [0.15, 0.2) is 0 Å². The Morgan fingerprint density at radius 2 is 2.38 bits per heavy atom. The summed E-state index contributed by atoms with van der Waals surface area (Å²) in [6, 6.07) is 0. The van der Waals surface area contributed by atoms with Crippen molar-refractivity contribution in [1.29, 1.82) is 0 Å². The van der Waals surface area contributed by atoms with Gasteiger partial charge in [0, 0.05) is 24.2 Å². The lowest BCUT2D eigenvalue weighted by Gasteiger charge is -2.10. The van der Waals surface area contributed by atoms with E-state index in [-0.39, 0.29) is 12.0 Å². The Kier molecular flexibility index (Phi) is 5.11. The number of carbonyl (C=O) groups excluding carboxylic acids is 1. The van der Waals surface area contributed by atoms with Crippen molar-refractivity contribution >= 4 is 29.5 Å². The van der Waals surface area contributed by atoms with Crippen molar-refractivity contribution in [2.24, 2.45) is 0 Å². The molecule has 1 rings (SSSR count). The molecule has 90 valence electrons. The molecule has 0 bridgehead atoms. The quantitative estimate of drug-likeness (QED) is 0.794. The van der Waals surface area contributed by atoms with Crippen molar-refractivity contribution in [3.63, 3.8) is 0 Å². The first-order valence-corrected chi connectivity index (χ1v) is 6.23. The molecule has 1 heterocycles. The zero-order valence-corrected chi connectivity index (χ0v) is 11.3. The number of H-pyrrole nitrogens is 1. The van der Waals surface area contributed by atoms with Crippen LogP contribution in [0, 0.1) is 10.9 Å². The zero-order valence-electron chi connectivity index (χ0n) is 9.62. The van der Waals surface area contributed by atoms with Crippen molar-refractivity contribution in [3.05, 3.63) is 14.5 Å². The molecule has 0 fully saturated rings. The van der Waals surface area contributed by atoms with Crippen molar-refractivity contribution < 1.29 is 9.53 Å². The van der Waals surface area contributed by atoms with Crippen LogP contribution in [0.25, 0.3) is 0 Å². The fourth-order valence-electron chi connectivity index (χ4n) is 1.15. The largest absolute Gasteiger partial charge is 0.380 e. The third-order valence-electron chi connectivity index (χ3n) is 2.23. The summed E-state index contributed by atoms with van der Waals surface area (Å²) in [7, 11) is 1.62. The number of aromatic amines is 1. The van der Waals surface area contributed by atoms with Crippen LogP contribution in [0.3, 0.4) is 0 Å². The monoisotopic (exact) mass is 260 g/mol. The number of thiazole rings is 1. The van der Waals surface area contributed by atoms with Crippen LogP contribution >= 0.6 is 23.6 Å². The van der Waals surface area contributed by atoms with Gasteiger partial charge < -0.3 is 15.0 Å². The van der Waals surface area contributed by atoms with Gasteiger partial charge in [0.1, 0.15) is 0 Å². The van der Waals surface area contributed by atoms with E-state index >= 15 is 0 Å². The number of hydrogen-bond acceptors (Lipinski definition) is 4. The molecule has 16 heavy (non-hydrogen) atoms. The number of aryl methyl sites for hydroxylation is 1. The second-order valence-electron chi connectivity index (χ2n) is 3.59. The lowest BCUT2D eigenvalue weighted by molar-refractivity contribution is -0.120. The van der Waals surface area contributed by atoms with Gasteiger partial charge in [-0.3, -0.25) is 4.79 Å². The lowest BCUT2D eigenvalue weighted by Crippen LogP contribution is -2.32. The first kappa shape index (κ1) is 13.3. The Morgan fingerprint density at radius 1 is 1.69 bits per heavy atom. The number of nitrogens with one attached hydrogen (secondary N) is 2. The number of carbonyl (C=O) groups is 1. The van der Waals surface area contributed by atoms with Gasteiger partial charge in [-0.1, -0.05) is 0 Å². The number of hydrogen-bond donors (Lipinski definition) is 2. The molecule has 1 atom stereocenters. The van der Waals surface area contributed by atoms with Crippen LogP contribution in [0.4, 0.5) is 0 Å². The molecule has 4 nitrogen and oxygen atoms in total. The normalized spacial score (nSPS) is 12.4. The molecule has 0 radical (unpaired) electrons. The summed E-state index contributed by atoms with van der Waals surface area (Å²) < 4.78 is 5.76. The molecule has 0 saturated heterocycles. The van der Waals surface area contributed by atoms with Crippen molar-refractivity contribution in [2.45, 2.75) is 26.4 Å². The minimum absolute atomic E-state index is 0.00255. The van der Waals surface area contributed by atoms with Gasteiger partial charge in [0.15, 0.2) is 3.95 Å². The van der Waals surface area contributed by atoms with Crippen LogP contribution in [0.1, 0.15) is 17.5 Å². The number of ether oxygens (including phenoxy) is 1.